The van der Waals surface area contributed by atoms with E-state index in [1.165, 1.54) is 12.1 Å². The summed E-state index contributed by atoms with van der Waals surface area (Å²) in [5.41, 5.74) is 6.08. The second-order valence-corrected chi connectivity index (χ2v) is 4.26. The molecule has 6 heteroatoms. The molecule has 0 unspecified atom stereocenters. The highest BCUT2D eigenvalue weighted by Gasteiger charge is 2.07. The second-order valence-electron chi connectivity index (χ2n) is 4.26. The SMILES string of the molecule is COc1ccc(OCc2ccc(/C(N)=N/O)cc2F)cc1. The first-order valence-corrected chi connectivity index (χ1v) is 6.17. The third kappa shape index (κ3) is 3.62. The molecule has 0 radical (unpaired) electrons. The van der Waals surface area contributed by atoms with Crippen molar-refractivity contribution in [2.45, 2.75) is 6.61 Å². The minimum atomic E-state index is -0.479. The van der Waals surface area contributed by atoms with E-state index in [-0.39, 0.29) is 12.4 Å². The highest BCUT2D eigenvalue weighted by atomic mass is 19.1. The molecule has 0 saturated carbocycles. The minimum Gasteiger partial charge on any atom is -0.497 e. The summed E-state index contributed by atoms with van der Waals surface area (Å²) in [6.07, 6.45) is 0. The van der Waals surface area contributed by atoms with Crippen LogP contribution in [0.25, 0.3) is 0 Å². The molecule has 2 rings (SSSR count). The summed E-state index contributed by atoms with van der Waals surface area (Å²) in [4.78, 5) is 0. The maximum absolute atomic E-state index is 13.9. The van der Waals surface area contributed by atoms with Crippen LogP contribution in [-0.2, 0) is 6.61 Å². The van der Waals surface area contributed by atoms with Crippen molar-refractivity contribution in [1.82, 2.24) is 0 Å². The van der Waals surface area contributed by atoms with Gasteiger partial charge in [-0.2, -0.15) is 0 Å². The average molecular weight is 290 g/mol. The first-order valence-electron chi connectivity index (χ1n) is 6.17. The van der Waals surface area contributed by atoms with E-state index in [0.29, 0.717) is 16.9 Å². The molecule has 2 aromatic carbocycles. The number of ether oxygens (including phenoxy) is 2. The van der Waals surface area contributed by atoms with E-state index in [1.54, 1.807) is 37.4 Å². The van der Waals surface area contributed by atoms with Crippen LogP contribution in [0.1, 0.15) is 11.1 Å². The Morgan fingerprint density at radius 3 is 2.43 bits per heavy atom. The van der Waals surface area contributed by atoms with Crippen LogP contribution in [0.2, 0.25) is 0 Å². The third-order valence-corrected chi connectivity index (χ3v) is 2.91. The molecule has 0 saturated heterocycles. The summed E-state index contributed by atoms with van der Waals surface area (Å²) in [6.45, 7) is 0.0780. The molecule has 0 aliphatic heterocycles. The van der Waals surface area contributed by atoms with Crippen LogP contribution >= 0.6 is 0 Å². The lowest BCUT2D eigenvalue weighted by Crippen LogP contribution is -2.13. The summed E-state index contributed by atoms with van der Waals surface area (Å²) < 4.78 is 24.4. The molecule has 0 fully saturated rings. The molecule has 0 spiro atoms. The summed E-state index contributed by atoms with van der Waals surface area (Å²) in [7, 11) is 1.58. The van der Waals surface area contributed by atoms with Gasteiger partial charge in [0.1, 0.15) is 23.9 Å². The zero-order chi connectivity index (χ0) is 15.2. The van der Waals surface area contributed by atoms with Gasteiger partial charge in [0.2, 0.25) is 0 Å². The normalized spacial score (nSPS) is 11.2. The number of hydrogen-bond donors (Lipinski definition) is 2. The van der Waals surface area contributed by atoms with Crippen LogP contribution in [-0.4, -0.2) is 18.2 Å². The first kappa shape index (κ1) is 14.6. The molecule has 0 aromatic heterocycles. The summed E-state index contributed by atoms with van der Waals surface area (Å²) >= 11 is 0. The van der Waals surface area contributed by atoms with Crippen LogP contribution in [0.15, 0.2) is 47.6 Å². The van der Waals surface area contributed by atoms with E-state index in [9.17, 15) is 4.39 Å². The first-order chi connectivity index (χ1) is 10.1. The van der Waals surface area contributed by atoms with Crippen molar-refractivity contribution in [3.63, 3.8) is 0 Å². The molecule has 0 heterocycles. The van der Waals surface area contributed by atoms with Crippen LogP contribution in [0.3, 0.4) is 0 Å². The molecule has 0 amide bonds. The fourth-order valence-electron chi connectivity index (χ4n) is 1.71. The average Bonchev–Trinajstić information content (AvgIpc) is 2.53. The zero-order valence-corrected chi connectivity index (χ0v) is 11.4. The second kappa shape index (κ2) is 6.60. The molecular weight excluding hydrogens is 275 g/mol. The zero-order valence-electron chi connectivity index (χ0n) is 11.4. The lowest BCUT2D eigenvalue weighted by molar-refractivity contribution is 0.299. The molecule has 0 bridgehead atoms. The van der Waals surface area contributed by atoms with Crippen LogP contribution < -0.4 is 15.2 Å². The van der Waals surface area contributed by atoms with Gasteiger partial charge in [-0.3, -0.25) is 0 Å². The van der Waals surface area contributed by atoms with Gasteiger partial charge in [-0.15, -0.1) is 0 Å². The summed E-state index contributed by atoms with van der Waals surface area (Å²) in [5.74, 6) is 0.705. The van der Waals surface area contributed by atoms with Crippen molar-refractivity contribution < 1.29 is 19.1 Å². The molecular formula is C15H15FN2O3. The Morgan fingerprint density at radius 1 is 1.19 bits per heavy atom. The standard InChI is InChI=1S/C15H15FN2O3/c1-20-12-4-6-13(7-5-12)21-9-11-3-2-10(8-14(11)16)15(17)18-19/h2-8,19H,9H2,1H3,(H2,17,18). The van der Waals surface area contributed by atoms with Crippen molar-refractivity contribution >= 4 is 5.84 Å². The van der Waals surface area contributed by atoms with Gasteiger partial charge in [0, 0.05) is 11.1 Å². The number of benzene rings is 2. The summed E-state index contributed by atoms with van der Waals surface area (Å²) in [6, 6.07) is 11.3. The Hall–Kier alpha value is -2.76. The van der Waals surface area contributed by atoms with Crippen molar-refractivity contribution in [3.8, 4) is 11.5 Å². The highest BCUT2D eigenvalue weighted by Crippen LogP contribution is 2.19. The fraction of sp³-hybridized carbons (Fsp3) is 0.133. The number of nitrogens with two attached hydrogens (primary N) is 1. The largest absolute Gasteiger partial charge is 0.497 e. The van der Waals surface area contributed by atoms with Crippen LogP contribution in [0.4, 0.5) is 4.39 Å². The van der Waals surface area contributed by atoms with Gasteiger partial charge in [-0.25, -0.2) is 4.39 Å². The molecule has 110 valence electrons. The van der Waals surface area contributed by atoms with E-state index < -0.39 is 5.82 Å². The molecule has 0 aliphatic rings. The van der Waals surface area contributed by atoms with Gasteiger partial charge < -0.3 is 20.4 Å². The van der Waals surface area contributed by atoms with Gasteiger partial charge in [-0.1, -0.05) is 17.3 Å². The van der Waals surface area contributed by atoms with Crippen LogP contribution in [0.5, 0.6) is 11.5 Å². The van der Waals surface area contributed by atoms with Crippen LogP contribution in [0, 0.1) is 5.82 Å². The smallest absolute Gasteiger partial charge is 0.170 e. The van der Waals surface area contributed by atoms with Crippen molar-refractivity contribution in [2.24, 2.45) is 10.9 Å². The number of rotatable bonds is 5. The molecule has 0 aliphatic carbocycles. The topological polar surface area (TPSA) is 77.1 Å². The molecule has 21 heavy (non-hydrogen) atoms. The number of oxime groups is 1. The van der Waals surface area contributed by atoms with E-state index in [2.05, 4.69) is 5.16 Å². The van der Waals surface area contributed by atoms with E-state index in [1.807, 2.05) is 0 Å². The number of amidine groups is 1. The number of nitrogens with zero attached hydrogens (tertiary/aromatic N) is 1. The number of methoxy groups -OCH3 is 1. The maximum Gasteiger partial charge on any atom is 0.170 e. The fourth-order valence-corrected chi connectivity index (χ4v) is 1.71. The Morgan fingerprint density at radius 2 is 1.86 bits per heavy atom. The third-order valence-electron chi connectivity index (χ3n) is 2.91. The number of halogens is 1. The van der Waals surface area contributed by atoms with E-state index in [4.69, 9.17) is 20.4 Å². The lowest BCUT2D eigenvalue weighted by Gasteiger charge is -2.09. The molecule has 2 aromatic rings. The van der Waals surface area contributed by atoms with Gasteiger partial charge in [0.05, 0.1) is 7.11 Å². The van der Waals surface area contributed by atoms with Crippen molar-refractivity contribution in [1.29, 1.82) is 0 Å². The Kier molecular flexibility index (Phi) is 4.61. The molecule has 3 N–H and O–H groups in total. The van der Waals surface area contributed by atoms with Gasteiger partial charge in [0.15, 0.2) is 5.84 Å². The monoisotopic (exact) mass is 290 g/mol. The molecule has 0 atom stereocenters. The Balaban J connectivity index is 2.05. The molecule has 5 nitrogen and oxygen atoms in total. The number of hydrogen-bond acceptors (Lipinski definition) is 4. The van der Waals surface area contributed by atoms with Crippen molar-refractivity contribution in [2.75, 3.05) is 7.11 Å². The summed E-state index contributed by atoms with van der Waals surface area (Å²) in [5, 5.41) is 11.4. The van der Waals surface area contributed by atoms with Gasteiger partial charge in [-0.05, 0) is 30.3 Å². The maximum atomic E-state index is 13.9. The Labute approximate surface area is 121 Å². The highest BCUT2D eigenvalue weighted by molar-refractivity contribution is 5.97. The Bertz CT molecular complexity index is 642. The van der Waals surface area contributed by atoms with E-state index in [0.717, 1.165) is 5.75 Å². The van der Waals surface area contributed by atoms with Gasteiger partial charge in [0.25, 0.3) is 0 Å². The minimum absolute atomic E-state index is 0.0780. The van der Waals surface area contributed by atoms with E-state index >= 15 is 0 Å². The lowest BCUT2D eigenvalue weighted by atomic mass is 10.1. The van der Waals surface area contributed by atoms with Gasteiger partial charge >= 0.3 is 0 Å². The van der Waals surface area contributed by atoms with Crippen molar-refractivity contribution in [3.05, 3.63) is 59.4 Å². The quantitative estimate of drug-likeness (QED) is 0.384. The predicted molar refractivity (Wildman–Crippen MR) is 76.2 cm³/mol. The predicted octanol–water partition coefficient (Wildman–Crippen LogP) is 2.51.